The maximum absolute atomic E-state index is 11.7. The lowest BCUT2D eigenvalue weighted by Gasteiger charge is -2.04. The van der Waals surface area contributed by atoms with Gasteiger partial charge in [0.2, 0.25) is 0 Å². The van der Waals surface area contributed by atoms with Gasteiger partial charge < -0.3 is 11.1 Å². The minimum Gasteiger partial charge on any atom is -0.399 e. The van der Waals surface area contributed by atoms with Crippen LogP contribution >= 0.6 is 0 Å². The minimum atomic E-state index is -0.121. The fourth-order valence-electron chi connectivity index (χ4n) is 1.38. The van der Waals surface area contributed by atoms with Gasteiger partial charge in [0.25, 0.3) is 5.91 Å². The van der Waals surface area contributed by atoms with Crippen LogP contribution in [-0.4, -0.2) is 27.6 Å². The number of carbonyl (C=O) groups excluding carboxylic acids is 1. The quantitative estimate of drug-likeness (QED) is 0.662. The molecule has 88 valence electrons. The number of aromatic amines is 1. The zero-order chi connectivity index (χ0) is 12.1. The molecule has 0 unspecified atom stereocenters. The molecule has 2 rings (SSSR count). The SMILES string of the molecule is Nc1ccc(C(=O)NCCc2ncn[nH]2)cc1. The van der Waals surface area contributed by atoms with Crippen molar-refractivity contribution >= 4 is 11.6 Å². The van der Waals surface area contributed by atoms with Crippen LogP contribution in [0.4, 0.5) is 5.69 Å². The zero-order valence-electron chi connectivity index (χ0n) is 9.18. The standard InChI is InChI=1S/C11H13N5O/c12-9-3-1-8(2-4-9)11(17)13-6-5-10-14-7-15-16-10/h1-4,7H,5-6,12H2,(H,13,17)(H,14,15,16). The zero-order valence-corrected chi connectivity index (χ0v) is 9.18. The van der Waals surface area contributed by atoms with Crippen molar-refractivity contribution in [2.45, 2.75) is 6.42 Å². The second-order valence-corrected chi connectivity index (χ2v) is 3.56. The Morgan fingerprint density at radius 3 is 2.76 bits per heavy atom. The highest BCUT2D eigenvalue weighted by Crippen LogP contribution is 2.04. The second-order valence-electron chi connectivity index (χ2n) is 3.56. The molecule has 0 aliphatic carbocycles. The summed E-state index contributed by atoms with van der Waals surface area (Å²) in [7, 11) is 0. The van der Waals surface area contributed by atoms with Crippen molar-refractivity contribution in [1.82, 2.24) is 20.5 Å². The molecule has 2 aromatic rings. The molecule has 0 aliphatic rings. The summed E-state index contributed by atoms with van der Waals surface area (Å²) < 4.78 is 0. The lowest BCUT2D eigenvalue weighted by Crippen LogP contribution is -2.25. The van der Waals surface area contributed by atoms with Crippen molar-refractivity contribution < 1.29 is 4.79 Å². The maximum Gasteiger partial charge on any atom is 0.251 e. The summed E-state index contributed by atoms with van der Waals surface area (Å²) >= 11 is 0. The van der Waals surface area contributed by atoms with Crippen molar-refractivity contribution in [3.63, 3.8) is 0 Å². The Labute approximate surface area is 98.3 Å². The first-order valence-corrected chi connectivity index (χ1v) is 5.23. The van der Waals surface area contributed by atoms with E-state index in [0.717, 1.165) is 5.82 Å². The molecule has 0 atom stereocenters. The van der Waals surface area contributed by atoms with Gasteiger partial charge in [-0.2, -0.15) is 5.10 Å². The lowest BCUT2D eigenvalue weighted by atomic mass is 10.2. The monoisotopic (exact) mass is 231 g/mol. The summed E-state index contributed by atoms with van der Waals surface area (Å²) in [4.78, 5) is 15.6. The molecule has 0 radical (unpaired) electrons. The molecular formula is C11H13N5O. The van der Waals surface area contributed by atoms with E-state index in [4.69, 9.17) is 5.73 Å². The van der Waals surface area contributed by atoms with Crippen LogP contribution in [0, 0.1) is 0 Å². The average molecular weight is 231 g/mol. The van der Waals surface area contributed by atoms with E-state index in [-0.39, 0.29) is 5.91 Å². The summed E-state index contributed by atoms with van der Waals surface area (Å²) in [5.74, 6) is 0.632. The Balaban J connectivity index is 1.83. The number of carbonyl (C=O) groups is 1. The van der Waals surface area contributed by atoms with Crippen LogP contribution in [0.5, 0.6) is 0 Å². The maximum atomic E-state index is 11.7. The lowest BCUT2D eigenvalue weighted by molar-refractivity contribution is 0.0954. The summed E-state index contributed by atoms with van der Waals surface area (Å²) in [5, 5.41) is 9.24. The van der Waals surface area contributed by atoms with Gasteiger partial charge in [0.05, 0.1) is 0 Å². The summed E-state index contributed by atoms with van der Waals surface area (Å²) in [6.45, 7) is 0.512. The van der Waals surface area contributed by atoms with E-state index in [9.17, 15) is 4.79 Å². The number of H-pyrrole nitrogens is 1. The largest absolute Gasteiger partial charge is 0.399 e. The third kappa shape index (κ3) is 3.04. The number of hydrogen-bond acceptors (Lipinski definition) is 4. The number of benzene rings is 1. The van der Waals surface area contributed by atoms with Gasteiger partial charge in [-0.05, 0) is 24.3 Å². The Hall–Kier alpha value is -2.37. The van der Waals surface area contributed by atoms with E-state index in [0.29, 0.717) is 24.2 Å². The Bertz CT molecular complexity index is 477. The molecule has 1 heterocycles. The van der Waals surface area contributed by atoms with Crippen LogP contribution in [-0.2, 0) is 6.42 Å². The van der Waals surface area contributed by atoms with E-state index in [2.05, 4.69) is 20.5 Å². The first-order chi connectivity index (χ1) is 8.25. The van der Waals surface area contributed by atoms with Crippen LogP contribution < -0.4 is 11.1 Å². The van der Waals surface area contributed by atoms with Gasteiger partial charge in [0, 0.05) is 24.2 Å². The number of aromatic nitrogens is 3. The van der Waals surface area contributed by atoms with Crippen LogP contribution in [0.2, 0.25) is 0 Å². The van der Waals surface area contributed by atoms with E-state index in [1.54, 1.807) is 24.3 Å². The molecule has 1 aromatic carbocycles. The van der Waals surface area contributed by atoms with Gasteiger partial charge in [-0.25, -0.2) is 4.98 Å². The average Bonchev–Trinajstić information content (AvgIpc) is 2.83. The number of nitrogens with one attached hydrogen (secondary N) is 2. The van der Waals surface area contributed by atoms with E-state index < -0.39 is 0 Å². The molecule has 6 heteroatoms. The Morgan fingerprint density at radius 1 is 1.35 bits per heavy atom. The van der Waals surface area contributed by atoms with E-state index in [1.165, 1.54) is 6.33 Å². The van der Waals surface area contributed by atoms with Gasteiger partial charge >= 0.3 is 0 Å². The van der Waals surface area contributed by atoms with Gasteiger partial charge in [0.1, 0.15) is 12.2 Å². The molecule has 17 heavy (non-hydrogen) atoms. The van der Waals surface area contributed by atoms with Crippen molar-refractivity contribution in [2.24, 2.45) is 0 Å². The molecular weight excluding hydrogens is 218 g/mol. The molecule has 4 N–H and O–H groups in total. The number of amides is 1. The molecule has 0 bridgehead atoms. The van der Waals surface area contributed by atoms with Crippen LogP contribution in [0.1, 0.15) is 16.2 Å². The Morgan fingerprint density at radius 2 is 2.12 bits per heavy atom. The van der Waals surface area contributed by atoms with Crippen molar-refractivity contribution in [2.75, 3.05) is 12.3 Å². The predicted molar refractivity (Wildman–Crippen MR) is 63.3 cm³/mol. The van der Waals surface area contributed by atoms with Crippen molar-refractivity contribution in [3.05, 3.63) is 42.0 Å². The van der Waals surface area contributed by atoms with Crippen molar-refractivity contribution in [1.29, 1.82) is 0 Å². The van der Waals surface area contributed by atoms with Crippen LogP contribution in [0.3, 0.4) is 0 Å². The number of anilines is 1. The number of nitrogens with two attached hydrogens (primary N) is 1. The molecule has 1 aromatic heterocycles. The molecule has 0 saturated carbocycles. The van der Waals surface area contributed by atoms with Gasteiger partial charge in [0.15, 0.2) is 0 Å². The molecule has 1 amide bonds. The van der Waals surface area contributed by atoms with Gasteiger partial charge in [-0.1, -0.05) is 0 Å². The number of hydrogen-bond donors (Lipinski definition) is 3. The minimum absolute atomic E-state index is 0.121. The normalized spacial score (nSPS) is 10.1. The van der Waals surface area contributed by atoms with Gasteiger partial charge in [-0.15, -0.1) is 0 Å². The number of nitrogens with zero attached hydrogens (tertiary/aromatic N) is 2. The number of nitrogen functional groups attached to an aromatic ring is 1. The van der Waals surface area contributed by atoms with Crippen molar-refractivity contribution in [3.8, 4) is 0 Å². The first-order valence-electron chi connectivity index (χ1n) is 5.23. The second kappa shape index (κ2) is 5.11. The highest BCUT2D eigenvalue weighted by Gasteiger charge is 2.04. The molecule has 6 nitrogen and oxygen atoms in total. The fourth-order valence-corrected chi connectivity index (χ4v) is 1.38. The number of rotatable bonds is 4. The Kier molecular flexibility index (Phi) is 3.34. The van der Waals surface area contributed by atoms with Crippen LogP contribution in [0.15, 0.2) is 30.6 Å². The van der Waals surface area contributed by atoms with E-state index in [1.807, 2.05) is 0 Å². The third-order valence-corrected chi connectivity index (χ3v) is 2.29. The third-order valence-electron chi connectivity index (χ3n) is 2.29. The highest BCUT2D eigenvalue weighted by atomic mass is 16.1. The summed E-state index contributed by atoms with van der Waals surface area (Å²) in [5.41, 5.74) is 6.78. The van der Waals surface area contributed by atoms with Crippen LogP contribution in [0.25, 0.3) is 0 Å². The molecule has 0 aliphatic heterocycles. The summed E-state index contributed by atoms with van der Waals surface area (Å²) in [6.07, 6.45) is 2.07. The van der Waals surface area contributed by atoms with E-state index >= 15 is 0 Å². The topological polar surface area (TPSA) is 96.7 Å². The first kappa shape index (κ1) is 11.1. The molecule has 0 saturated heterocycles. The molecule has 0 spiro atoms. The highest BCUT2D eigenvalue weighted by molar-refractivity contribution is 5.94. The molecule has 0 fully saturated rings. The fraction of sp³-hybridized carbons (Fsp3) is 0.182. The smallest absolute Gasteiger partial charge is 0.251 e. The summed E-state index contributed by atoms with van der Waals surface area (Å²) in [6, 6.07) is 6.79. The predicted octanol–water partition coefficient (Wildman–Crippen LogP) is 0.359. The van der Waals surface area contributed by atoms with Gasteiger partial charge in [-0.3, -0.25) is 9.89 Å².